The Kier molecular flexibility index (Phi) is 5.69. The Bertz CT molecular complexity index is 1670. The average molecular weight is 484 g/mol. The molecule has 1 aliphatic heterocycles. The molecule has 1 aliphatic carbocycles. The van der Waals surface area contributed by atoms with Crippen molar-refractivity contribution in [2.45, 2.75) is 20.0 Å². The number of fused-ring (bicyclic) bond motifs is 2. The van der Waals surface area contributed by atoms with Crippen molar-refractivity contribution < 1.29 is 24.2 Å². The molecule has 0 atom stereocenters. The van der Waals surface area contributed by atoms with Crippen LogP contribution in [0.5, 0.6) is 5.75 Å². The van der Waals surface area contributed by atoms with Crippen LogP contribution < -0.4 is 10.7 Å². The summed E-state index contributed by atoms with van der Waals surface area (Å²) in [5, 5.41) is 31.1. The highest BCUT2D eigenvalue weighted by atomic mass is 16.4. The molecule has 36 heavy (non-hydrogen) atoms. The molecule has 0 saturated heterocycles. The number of amides is 1. The van der Waals surface area contributed by atoms with Gasteiger partial charge in [0.25, 0.3) is 5.91 Å². The van der Waals surface area contributed by atoms with Gasteiger partial charge in [0.2, 0.25) is 0 Å². The van der Waals surface area contributed by atoms with E-state index >= 15 is 0 Å². The van der Waals surface area contributed by atoms with Gasteiger partial charge in [0.1, 0.15) is 22.8 Å². The minimum atomic E-state index is -1.23. The number of carboxylic acid groups (broad SMARTS) is 1. The zero-order valence-corrected chi connectivity index (χ0v) is 19.1. The fourth-order valence-corrected chi connectivity index (χ4v) is 4.08. The lowest BCUT2D eigenvalue weighted by Crippen LogP contribution is -2.23. The number of aromatic carboxylic acids is 1. The lowest BCUT2D eigenvalue weighted by molar-refractivity contribution is 0.0697. The van der Waals surface area contributed by atoms with E-state index in [0.717, 1.165) is 0 Å². The number of carboxylic acids is 1. The standard InChI is InChI=1S/C26H20N4O6/c1-2-30-13-15(28-29-30)12-27-25(33)14-3-6-18(21(9-14)26(34)35)24-19-7-4-16(31)10-22(19)36-23-11-17(32)5-8-20(23)24/h3-11,13,31H,2,12H2,1H3,(H,27,33)(H,34,35). The van der Waals surface area contributed by atoms with Gasteiger partial charge in [0, 0.05) is 40.8 Å². The quantitative estimate of drug-likeness (QED) is 0.310. The number of benzene rings is 3. The monoisotopic (exact) mass is 484 g/mol. The minimum absolute atomic E-state index is 0.0423. The van der Waals surface area contributed by atoms with E-state index in [4.69, 9.17) is 4.42 Å². The van der Waals surface area contributed by atoms with Gasteiger partial charge < -0.3 is 19.9 Å². The van der Waals surface area contributed by atoms with E-state index in [1.54, 1.807) is 29.1 Å². The predicted octanol–water partition coefficient (Wildman–Crippen LogP) is 3.51. The molecule has 2 aromatic carbocycles. The predicted molar refractivity (Wildman–Crippen MR) is 130 cm³/mol. The third-order valence-corrected chi connectivity index (χ3v) is 5.80. The molecule has 1 aromatic heterocycles. The molecular formula is C26H20N4O6. The van der Waals surface area contributed by atoms with Crippen molar-refractivity contribution in [3.63, 3.8) is 0 Å². The van der Waals surface area contributed by atoms with Crippen LogP contribution in [0.4, 0.5) is 0 Å². The van der Waals surface area contributed by atoms with Crippen LogP contribution >= 0.6 is 0 Å². The van der Waals surface area contributed by atoms with Gasteiger partial charge >= 0.3 is 5.97 Å². The summed E-state index contributed by atoms with van der Waals surface area (Å²) in [6, 6.07) is 13.1. The number of carbonyl (C=O) groups is 2. The van der Waals surface area contributed by atoms with Crippen molar-refractivity contribution in [3.05, 3.63) is 87.8 Å². The van der Waals surface area contributed by atoms with Crippen LogP contribution in [0.3, 0.4) is 0 Å². The first kappa shape index (κ1) is 22.8. The Morgan fingerprint density at radius 3 is 2.61 bits per heavy atom. The second-order valence-corrected chi connectivity index (χ2v) is 8.13. The molecule has 0 spiro atoms. The maximum absolute atomic E-state index is 12.8. The Labute approximate surface area is 203 Å². The SMILES string of the molecule is CCn1cc(CNC(=O)c2ccc(-c3c4ccc(=O)cc-4oc4cc(O)ccc34)c(C(=O)O)c2)nn1. The van der Waals surface area contributed by atoms with Gasteiger partial charge in [-0.25, -0.2) is 4.79 Å². The summed E-state index contributed by atoms with van der Waals surface area (Å²) in [6.45, 7) is 2.71. The fraction of sp³-hybridized carbons (Fsp3) is 0.115. The Morgan fingerprint density at radius 2 is 1.86 bits per heavy atom. The molecule has 2 heterocycles. The van der Waals surface area contributed by atoms with E-state index in [-0.39, 0.29) is 40.2 Å². The Morgan fingerprint density at radius 1 is 1.06 bits per heavy atom. The molecule has 1 amide bonds. The van der Waals surface area contributed by atoms with Gasteiger partial charge in [0.05, 0.1) is 18.3 Å². The van der Waals surface area contributed by atoms with E-state index in [1.165, 1.54) is 36.4 Å². The molecule has 0 saturated carbocycles. The first-order chi connectivity index (χ1) is 17.3. The maximum atomic E-state index is 12.8. The number of aromatic nitrogens is 3. The molecule has 10 heteroatoms. The van der Waals surface area contributed by atoms with Crippen molar-refractivity contribution in [2.75, 3.05) is 0 Å². The van der Waals surface area contributed by atoms with Crippen LogP contribution in [0.2, 0.25) is 0 Å². The van der Waals surface area contributed by atoms with E-state index in [0.29, 0.717) is 34.3 Å². The summed E-state index contributed by atoms with van der Waals surface area (Å²) < 4.78 is 7.47. The lowest BCUT2D eigenvalue weighted by atomic mass is 9.90. The molecule has 0 bridgehead atoms. The topological polar surface area (TPSA) is 148 Å². The second-order valence-electron chi connectivity index (χ2n) is 8.13. The number of aromatic hydroxyl groups is 1. The van der Waals surface area contributed by atoms with E-state index < -0.39 is 11.9 Å². The van der Waals surface area contributed by atoms with Gasteiger partial charge in [-0.1, -0.05) is 11.3 Å². The summed E-state index contributed by atoms with van der Waals surface area (Å²) in [6.07, 6.45) is 1.72. The summed E-state index contributed by atoms with van der Waals surface area (Å²) in [4.78, 5) is 37.0. The van der Waals surface area contributed by atoms with Crippen LogP contribution in [-0.2, 0) is 13.1 Å². The van der Waals surface area contributed by atoms with Crippen molar-refractivity contribution in [3.8, 4) is 28.2 Å². The van der Waals surface area contributed by atoms with Gasteiger partial charge in [-0.05, 0) is 48.9 Å². The normalized spacial score (nSPS) is 11.1. The Balaban J connectivity index is 1.60. The molecule has 180 valence electrons. The number of hydrogen-bond donors (Lipinski definition) is 3. The highest BCUT2D eigenvalue weighted by Gasteiger charge is 2.23. The lowest BCUT2D eigenvalue weighted by Gasteiger charge is -2.17. The second kappa shape index (κ2) is 8.99. The number of nitrogens with zero attached hydrogens (tertiary/aromatic N) is 3. The number of phenols is 1. The molecule has 3 N–H and O–H groups in total. The van der Waals surface area contributed by atoms with Gasteiger partial charge in [-0.3, -0.25) is 14.3 Å². The van der Waals surface area contributed by atoms with Gasteiger partial charge in [0.15, 0.2) is 5.43 Å². The van der Waals surface area contributed by atoms with Crippen molar-refractivity contribution in [1.82, 2.24) is 20.3 Å². The largest absolute Gasteiger partial charge is 0.508 e. The minimum Gasteiger partial charge on any atom is -0.508 e. The molecule has 0 unspecified atom stereocenters. The molecular weight excluding hydrogens is 464 g/mol. The van der Waals surface area contributed by atoms with Crippen molar-refractivity contribution in [1.29, 1.82) is 0 Å². The smallest absolute Gasteiger partial charge is 0.336 e. The molecule has 3 aromatic rings. The summed E-state index contributed by atoms with van der Waals surface area (Å²) in [7, 11) is 0. The van der Waals surface area contributed by atoms with E-state index in [2.05, 4.69) is 15.6 Å². The van der Waals surface area contributed by atoms with Crippen LogP contribution in [0.25, 0.3) is 33.4 Å². The average Bonchev–Trinajstić information content (AvgIpc) is 3.33. The fourth-order valence-electron chi connectivity index (χ4n) is 4.08. The number of rotatable bonds is 6. The summed E-state index contributed by atoms with van der Waals surface area (Å²) in [5.74, 6) is -1.49. The summed E-state index contributed by atoms with van der Waals surface area (Å²) in [5.41, 5.74) is 1.99. The van der Waals surface area contributed by atoms with Crippen molar-refractivity contribution in [2.24, 2.45) is 0 Å². The number of phenolic OH excluding ortho intramolecular Hbond substituents is 1. The third-order valence-electron chi connectivity index (χ3n) is 5.80. The van der Waals surface area contributed by atoms with Gasteiger partial charge in [-0.2, -0.15) is 0 Å². The number of aryl methyl sites for hydroxylation is 1. The first-order valence-corrected chi connectivity index (χ1v) is 11.1. The molecule has 10 nitrogen and oxygen atoms in total. The number of hydrogen-bond acceptors (Lipinski definition) is 7. The van der Waals surface area contributed by atoms with Crippen LogP contribution in [-0.4, -0.2) is 37.1 Å². The first-order valence-electron chi connectivity index (χ1n) is 11.1. The molecule has 2 aliphatic rings. The van der Waals surface area contributed by atoms with Crippen LogP contribution in [0, 0.1) is 0 Å². The third kappa shape index (κ3) is 4.16. The van der Waals surface area contributed by atoms with Crippen LogP contribution in [0.15, 0.2) is 70.0 Å². The molecule has 0 radical (unpaired) electrons. The van der Waals surface area contributed by atoms with E-state index in [9.17, 15) is 24.6 Å². The molecule has 5 rings (SSSR count). The Hall–Kier alpha value is -4.99. The van der Waals surface area contributed by atoms with Crippen LogP contribution in [0.1, 0.15) is 33.3 Å². The number of carbonyl (C=O) groups excluding carboxylic acids is 1. The zero-order valence-electron chi connectivity index (χ0n) is 19.1. The zero-order chi connectivity index (χ0) is 25.4. The number of nitrogens with one attached hydrogen (secondary N) is 1. The molecule has 0 fully saturated rings. The summed E-state index contributed by atoms with van der Waals surface area (Å²) >= 11 is 0. The highest BCUT2D eigenvalue weighted by Crippen LogP contribution is 2.42. The van der Waals surface area contributed by atoms with E-state index in [1.807, 2.05) is 6.92 Å². The maximum Gasteiger partial charge on any atom is 0.336 e. The van der Waals surface area contributed by atoms with Gasteiger partial charge in [-0.15, -0.1) is 5.10 Å². The highest BCUT2D eigenvalue weighted by molar-refractivity contribution is 6.09. The van der Waals surface area contributed by atoms with Crippen molar-refractivity contribution >= 4 is 22.8 Å².